The number of benzene rings is 1. The van der Waals surface area contributed by atoms with Crippen molar-refractivity contribution < 1.29 is 19.1 Å². The molecule has 1 aromatic rings. The third kappa shape index (κ3) is 5.36. The SMILES string of the molecule is O=C(NCCCN1CCCCCC1)N[C@H]1CC(=O)N(c2ccc3c(c2)OCCO3)C1. The molecule has 3 aliphatic heterocycles. The molecule has 30 heavy (non-hydrogen) atoms. The van der Waals surface area contributed by atoms with Gasteiger partial charge in [-0.3, -0.25) is 4.79 Å². The molecule has 0 aromatic heterocycles. The van der Waals surface area contributed by atoms with Gasteiger partial charge in [0.15, 0.2) is 11.5 Å². The largest absolute Gasteiger partial charge is 0.486 e. The van der Waals surface area contributed by atoms with E-state index >= 15 is 0 Å². The van der Waals surface area contributed by atoms with Gasteiger partial charge in [-0.15, -0.1) is 0 Å². The number of hydrogen-bond donors (Lipinski definition) is 2. The monoisotopic (exact) mass is 416 g/mol. The van der Waals surface area contributed by atoms with Crippen LogP contribution in [0, 0.1) is 0 Å². The molecular formula is C22H32N4O4. The first-order chi connectivity index (χ1) is 14.7. The minimum atomic E-state index is -0.201. The second kappa shape index (κ2) is 10.0. The summed E-state index contributed by atoms with van der Waals surface area (Å²) >= 11 is 0. The van der Waals surface area contributed by atoms with E-state index in [1.165, 1.54) is 38.8 Å². The molecule has 2 fully saturated rings. The van der Waals surface area contributed by atoms with Gasteiger partial charge in [0.1, 0.15) is 13.2 Å². The Bertz CT molecular complexity index is 749. The molecule has 3 aliphatic rings. The number of likely N-dealkylation sites (tertiary alicyclic amines) is 1. The zero-order chi connectivity index (χ0) is 20.8. The van der Waals surface area contributed by atoms with Crippen LogP contribution in [0.3, 0.4) is 0 Å². The zero-order valence-electron chi connectivity index (χ0n) is 17.5. The third-order valence-corrected chi connectivity index (χ3v) is 5.93. The molecule has 3 heterocycles. The second-order valence-corrected chi connectivity index (χ2v) is 8.24. The van der Waals surface area contributed by atoms with Crippen molar-refractivity contribution in [2.45, 2.75) is 44.6 Å². The van der Waals surface area contributed by atoms with Crippen LogP contribution in [0.4, 0.5) is 10.5 Å². The minimum absolute atomic E-state index is 0.00172. The number of rotatable bonds is 6. The summed E-state index contributed by atoms with van der Waals surface area (Å²) in [4.78, 5) is 28.9. The maximum atomic E-state index is 12.5. The summed E-state index contributed by atoms with van der Waals surface area (Å²) in [7, 11) is 0. The van der Waals surface area contributed by atoms with Gasteiger partial charge >= 0.3 is 6.03 Å². The van der Waals surface area contributed by atoms with Crippen molar-refractivity contribution in [3.63, 3.8) is 0 Å². The Morgan fingerprint density at radius 3 is 2.63 bits per heavy atom. The van der Waals surface area contributed by atoms with E-state index in [9.17, 15) is 9.59 Å². The number of urea groups is 1. The van der Waals surface area contributed by atoms with Crippen LogP contribution in [0.25, 0.3) is 0 Å². The van der Waals surface area contributed by atoms with Crippen molar-refractivity contribution >= 4 is 17.6 Å². The molecule has 1 aromatic carbocycles. The highest BCUT2D eigenvalue weighted by molar-refractivity contribution is 5.97. The third-order valence-electron chi connectivity index (χ3n) is 5.93. The summed E-state index contributed by atoms with van der Waals surface area (Å²) in [6, 6.07) is 5.12. The topological polar surface area (TPSA) is 83.1 Å². The zero-order valence-corrected chi connectivity index (χ0v) is 17.5. The Morgan fingerprint density at radius 1 is 1.07 bits per heavy atom. The molecule has 0 spiro atoms. The summed E-state index contributed by atoms with van der Waals surface area (Å²) < 4.78 is 11.1. The van der Waals surface area contributed by atoms with Crippen LogP contribution in [0.5, 0.6) is 11.5 Å². The van der Waals surface area contributed by atoms with Crippen molar-refractivity contribution in [1.82, 2.24) is 15.5 Å². The van der Waals surface area contributed by atoms with Gasteiger partial charge in [0.05, 0.1) is 6.04 Å². The highest BCUT2D eigenvalue weighted by Crippen LogP contribution is 2.35. The average Bonchev–Trinajstić information content (AvgIpc) is 2.94. The first-order valence-corrected chi connectivity index (χ1v) is 11.2. The number of amides is 3. The number of nitrogens with one attached hydrogen (secondary N) is 2. The molecule has 3 amide bonds. The smallest absolute Gasteiger partial charge is 0.315 e. The number of carbonyl (C=O) groups excluding carboxylic acids is 2. The van der Waals surface area contributed by atoms with Crippen molar-refractivity contribution in [2.24, 2.45) is 0 Å². The van der Waals surface area contributed by atoms with Gasteiger partial charge in [-0.1, -0.05) is 12.8 Å². The number of ether oxygens (including phenoxy) is 2. The predicted octanol–water partition coefficient (Wildman–Crippen LogP) is 2.13. The lowest BCUT2D eigenvalue weighted by molar-refractivity contribution is -0.117. The first kappa shape index (κ1) is 20.8. The van der Waals surface area contributed by atoms with E-state index in [0.29, 0.717) is 44.2 Å². The van der Waals surface area contributed by atoms with Gasteiger partial charge in [-0.05, 0) is 51.0 Å². The van der Waals surface area contributed by atoms with Gasteiger partial charge in [0.25, 0.3) is 0 Å². The van der Waals surface area contributed by atoms with Crippen LogP contribution in [-0.4, -0.2) is 68.8 Å². The highest BCUT2D eigenvalue weighted by atomic mass is 16.6. The van der Waals surface area contributed by atoms with Crippen molar-refractivity contribution in [1.29, 1.82) is 0 Å². The van der Waals surface area contributed by atoms with Gasteiger partial charge in [0, 0.05) is 31.3 Å². The molecule has 4 rings (SSSR count). The molecule has 164 valence electrons. The van der Waals surface area contributed by atoms with Gasteiger partial charge < -0.3 is 29.9 Å². The normalized spacial score (nSPS) is 21.9. The van der Waals surface area contributed by atoms with Crippen LogP contribution in [0.15, 0.2) is 18.2 Å². The molecular weight excluding hydrogens is 384 g/mol. The highest BCUT2D eigenvalue weighted by Gasteiger charge is 2.32. The van der Waals surface area contributed by atoms with Gasteiger partial charge in [-0.25, -0.2) is 4.79 Å². The van der Waals surface area contributed by atoms with Gasteiger partial charge in [0.2, 0.25) is 5.91 Å². The fourth-order valence-corrected chi connectivity index (χ4v) is 4.35. The maximum Gasteiger partial charge on any atom is 0.315 e. The Labute approximate surface area is 177 Å². The van der Waals surface area contributed by atoms with Crippen molar-refractivity contribution in [3.8, 4) is 11.5 Å². The van der Waals surface area contributed by atoms with Crippen molar-refractivity contribution in [3.05, 3.63) is 18.2 Å². The van der Waals surface area contributed by atoms with Crippen molar-refractivity contribution in [2.75, 3.05) is 50.8 Å². The molecule has 2 N–H and O–H groups in total. The summed E-state index contributed by atoms with van der Waals surface area (Å²) in [6.45, 7) is 5.52. The lowest BCUT2D eigenvalue weighted by Gasteiger charge is -2.22. The van der Waals surface area contributed by atoms with E-state index in [-0.39, 0.29) is 18.0 Å². The quantitative estimate of drug-likeness (QED) is 0.694. The molecule has 0 bridgehead atoms. The minimum Gasteiger partial charge on any atom is -0.486 e. The second-order valence-electron chi connectivity index (χ2n) is 8.24. The Morgan fingerprint density at radius 2 is 1.83 bits per heavy atom. The van der Waals surface area contributed by atoms with E-state index in [4.69, 9.17) is 9.47 Å². The standard InChI is InChI=1S/C22H32N4O4/c27-21-14-17(16-26(21)18-6-7-19-20(15-18)30-13-12-29-19)24-22(28)23-8-5-11-25-9-3-1-2-4-10-25/h6-7,15,17H,1-5,8-14,16H2,(H2,23,24,28)/t17-/m0/s1. The summed E-state index contributed by atoms with van der Waals surface area (Å²) in [5, 5.41) is 5.87. The molecule has 8 heteroatoms. The summed E-state index contributed by atoms with van der Waals surface area (Å²) in [5.41, 5.74) is 0.770. The van der Waals surface area contributed by atoms with Crippen LogP contribution in [-0.2, 0) is 4.79 Å². The molecule has 0 saturated carbocycles. The first-order valence-electron chi connectivity index (χ1n) is 11.2. The predicted molar refractivity (Wildman–Crippen MR) is 114 cm³/mol. The molecule has 1 atom stereocenters. The van der Waals surface area contributed by atoms with E-state index in [1.807, 2.05) is 18.2 Å². The number of anilines is 1. The Hall–Kier alpha value is -2.48. The lowest BCUT2D eigenvalue weighted by Crippen LogP contribution is -2.44. The van der Waals surface area contributed by atoms with E-state index in [0.717, 1.165) is 18.7 Å². The van der Waals surface area contributed by atoms with Crippen LogP contribution >= 0.6 is 0 Å². The summed E-state index contributed by atoms with van der Waals surface area (Å²) in [6.07, 6.45) is 6.48. The molecule has 2 saturated heterocycles. The molecule has 0 aliphatic carbocycles. The van der Waals surface area contributed by atoms with Crippen LogP contribution in [0.1, 0.15) is 38.5 Å². The van der Waals surface area contributed by atoms with E-state index in [1.54, 1.807) is 4.90 Å². The van der Waals surface area contributed by atoms with Crippen LogP contribution in [0.2, 0.25) is 0 Å². The maximum absolute atomic E-state index is 12.5. The number of hydrogen-bond acceptors (Lipinski definition) is 5. The summed E-state index contributed by atoms with van der Waals surface area (Å²) in [5.74, 6) is 1.36. The lowest BCUT2D eigenvalue weighted by atomic mass is 10.2. The number of carbonyl (C=O) groups is 2. The van der Waals surface area contributed by atoms with Gasteiger partial charge in [-0.2, -0.15) is 0 Å². The van der Waals surface area contributed by atoms with E-state index < -0.39 is 0 Å². The van der Waals surface area contributed by atoms with Crippen LogP contribution < -0.4 is 25.0 Å². The average molecular weight is 417 g/mol. The van der Waals surface area contributed by atoms with E-state index in [2.05, 4.69) is 15.5 Å². The fourth-order valence-electron chi connectivity index (χ4n) is 4.35. The number of fused-ring (bicyclic) bond motifs is 1. The molecule has 8 nitrogen and oxygen atoms in total. The Kier molecular flexibility index (Phi) is 6.94. The fraction of sp³-hybridized carbons (Fsp3) is 0.636. The Balaban J connectivity index is 1.20. The molecule has 0 radical (unpaired) electrons. The molecule has 0 unspecified atom stereocenters. The number of nitrogens with zero attached hydrogens (tertiary/aromatic N) is 2.